The van der Waals surface area contributed by atoms with Gasteiger partial charge in [0.25, 0.3) is 0 Å². The highest BCUT2D eigenvalue weighted by molar-refractivity contribution is 6.19. The number of carbonyl (C=O) groups excluding carboxylic acids is 2. The third-order valence-electron chi connectivity index (χ3n) is 4.26. The first-order valence-electron chi connectivity index (χ1n) is 9.87. The zero-order valence-electron chi connectivity index (χ0n) is 17.8. The third kappa shape index (κ3) is 5.89. The quantitative estimate of drug-likeness (QED) is 0.399. The number of ether oxygens (including phenoxy) is 3. The smallest absolute Gasteiger partial charge is 0.333 e. The minimum absolute atomic E-state index is 0.0204. The molecule has 0 aliphatic rings. The number of hydrogen-bond donors (Lipinski definition) is 0. The van der Waals surface area contributed by atoms with Crippen molar-refractivity contribution in [3.05, 3.63) is 54.1 Å². The summed E-state index contributed by atoms with van der Waals surface area (Å²) < 4.78 is 16.5. The third-order valence-corrected chi connectivity index (χ3v) is 4.45. The molecule has 6 nitrogen and oxygen atoms in total. The molecule has 0 aliphatic carbocycles. The van der Waals surface area contributed by atoms with Crippen molar-refractivity contribution in [3.63, 3.8) is 0 Å². The average Bonchev–Trinajstić information content (AvgIpc) is 2.72. The molecule has 0 radical (unpaired) electrons. The number of rotatable bonds is 10. The number of halogens is 1. The Kier molecular flexibility index (Phi) is 8.99. The fourth-order valence-electron chi connectivity index (χ4n) is 3.06. The molecule has 0 fully saturated rings. The molecule has 1 unspecified atom stereocenters. The van der Waals surface area contributed by atoms with Gasteiger partial charge in [-0.25, -0.2) is 4.79 Å². The second-order valence-corrected chi connectivity index (χ2v) is 7.14. The monoisotopic (exact) mass is 433 g/mol. The molecule has 1 atom stereocenters. The van der Waals surface area contributed by atoms with Crippen LogP contribution in [0, 0.1) is 0 Å². The summed E-state index contributed by atoms with van der Waals surface area (Å²) in [5.74, 6) is 0.418. The molecule has 2 rings (SSSR count). The Morgan fingerprint density at radius 2 is 1.73 bits per heavy atom. The lowest BCUT2D eigenvalue weighted by Gasteiger charge is -2.31. The summed E-state index contributed by atoms with van der Waals surface area (Å²) in [4.78, 5) is 27.5. The number of carbonyl (C=O) groups is 2. The van der Waals surface area contributed by atoms with E-state index < -0.39 is 12.0 Å². The summed E-state index contributed by atoms with van der Waals surface area (Å²) >= 11 is 5.85. The molecule has 2 aromatic carbocycles. The summed E-state index contributed by atoms with van der Waals surface area (Å²) in [6.07, 6.45) is 0.0800. The number of hydrogen-bond acceptors (Lipinski definition) is 5. The lowest BCUT2D eigenvalue weighted by Crippen LogP contribution is -2.40. The molecule has 30 heavy (non-hydrogen) atoms. The van der Waals surface area contributed by atoms with Crippen molar-refractivity contribution in [2.24, 2.45) is 0 Å². The van der Waals surface area contributed by atoms with Crippen molar-refractivity contribution < 1.29 is 23.8 Å². The highest BCUT2D eigenvalue weighted by Crippen LogP contribution is 2.36. The van der Waals surface area contributed by atoms with Gasteiger partial charge in [0.05, 0.1) is 25.5 Å². The zero-order valence-corrected chi connectivity index (χ0v) is 18.5. The van der Waals surface area contributed by atoms with Crippen LogP contribution in [0.4, 0.5) is 5.69 Å². The van der Waals surface area contributed by atoms with Gasteiger partial charge >= 0.3 is 5.97 Å². The van der Waals surface area contributed by atoms with E-state index in [1.165, 1.54) is 12.0 Å². The van der Waals surface area contributed by atoms with Crippen LogP contribution in [0.3, 0.4) is 0 Å². The van der Waals surface area contributed by atoms with Crippen LogP contribution < -0.4 is 14.4 Å². The van der Waals surface area contributed by atoms with Gasteiger partial charge in [0.1, 0.15) is 11.5 Å². The minimum Gasteiger partial charge on any atom is -0.495 e. The Bertz CT molecular complexity index is 838. The maximum atomic E-state index is 13.1. The van der Waals surface area contributed by atoms with E-state index in [0.717, 1.165) is 0 Å². The minimum atomic E-state index is -0.995. The van der Waals surface area contributed by atoms with Crippen LogP contribution in [-0.4, -0.2) is 37.6 Å². The Labute approximate surface area is 182 Å². The van der Waals surface area contributed by atoms with Crippen molar-refractivity contribution in [3.8, 4) is 11.5 Å². The fourth-order valence-corrected chi connectivity index (χ4v) is 3.22. The Balaban J connectivity index is 2.58. The highest BCUT2D eigenvalue weighted by atomic mass is 35.5. The summed E-state index contributed by atoms with van der Waals surface area (Å²) in [5.41, 5.74) is 1.06. The lowest BCUT2D eigenvalue weighted by atomic mass is 10.0. The van der Waals surface area contributed by atoms with Crippen molar-refractivity contribution in [2.75, 3.05) is 24.5 Å². The molecule has 0 N–H and O–H groups in total. The molecule has 0 saturated carbocycles. The van der Waals surface area contributed by atoms with Crippen LogP contribution in [0.15, 0.2) is 48.5 Å². The number of esters is 1. The van der Waals surface area contributed by atoms with Gasteiger partial charge in [-0.15, -0.1) is 11.6 Å². The maximum Gasteiger partial charge on any atom is 0.333 e. The topological polar surface area (TPSA) is 65.1 Å². The number of anilines is 1. The molecule has 0 aliphatic heterocycles. The molecule has 0 heterocycles. The van der Waals surface area contributed by atoms with E-state index in [9.17, 15) is 9.59 Å². The number of alkyl halides is 1. The van der Waals surface area contributed by atoms with Crippen molar-refractivity contribution >= 4 is 29.2 Å². The predicted octanol–water partition coefficient (Wildman–Crippen LogP) is 4.75. The van der Waals surface area contributed by atoms with Gasteiger partial charge in [-0.1, -0.05) is 24.3 Å². The molecule has 0 aromatic heterocycles. The van der Waals surface area contributed by atoms with Gasteiger partial charge in [-0.3, -0.25) is 9.69 Å². The number of benzene rings is 2. The Morgan fingerprint density at radius 3 is 2.30 bits per heavy atom. The van der Waals surface area contributed by atoms with E-state index >= 15 is 0 Å². The largest absolute Gasteiger partial charge is 0.495 e. The second-order valence-electron chi connectivity index (χ2n) is 6.76. The molecular formula is C23H28ClNO5. The van der Waals surface area contributed by atoms with Gasteiger partial charge < -0.3 is 14.2 Å². The molecule has 2 aromatic rings. The van der Waals surface area contributed by atoms with Crippen LogP contribution in [0.5, 0.6) is 11.5 Å². The van der Waals surface area contributed by atoms with Crippen LogP contribution >= 0.6 is 11.6 Å². The fraction of sp³-hybridized carbons (Fsp3) is 0.391. The van der Waals surface area contributed by atoms with Crippen molar-refractivity contribution in [1.82, 2.24) is 0 Å². The van der Waals surface area contributed by atoms with Gasteiger partial charge in [0.15, 0.2) is 6.04 Å². The number of nitrogens with zero attached hydrogens (tertiary/aromatic N) is 1. The highest BCUT2D eigenvalue weighted by Gasteiger charge is 2.35. The standard InChI is InChI=1S/C23H28ClNO5/c1-5-29-23(27)22(17-10-12-18(13-11-17)30-16(2)3)25(21(26)14-15-24)19-8-6-7-9-20(19)28-4/h6-13,16,22H,5,14-15H2,1-4H3. The van der Waals surface area contributed by atoms with E-state index in [-0.39, 0.29) is 30.9 Å². The Hall–Kier alpha value is -2.73. The van der Waals surface area contributed by atoms with Crippen LogP contribution in [0.1, 0.15) is 38.8 Å². The zero-order chi connectivity index (χ0) is 22.1. The number of para-hydroxylation sites is 2. The number of amides is 1. The molecule has 1 amide bonds. The normalized spacial score (nSPS) is 11.7. The Morgan fingerprint density at radius 1 is 1.07 bits per heavy atom. The first-order valence-corrected chi connectivity index (χ1v) is 10.4. The lowest BCUT2D eigenvalue weighted by molar-refractivity contribution is -0.146. The molecule has 0 spiro atoms. The summed E-state index contributed by atoms with van der Waals surface area (Å²) in [7, 11) is 1.51. The predicted molar refractivity (Wildman–Crippen MR) is 117 cm³/mol. The van der Waals surface area contributed by atoms with E-state index in [1.54, 1.807) is 55.5 Å². The van der Waals surface area contributed by atoms with Gasteiger partial charge in [0, 0.05) is 12.3 Å². The molecule has 0 bridgehead atoms. The number of methoxy groups -OCH3 is 1. The van der Waals surface area contributed by atoms with Gasteiger partial charge in [0.2, 0.25) is 5.91 Å². The molecule has 7 heteroatoms. The van der Waals surface area contributed by atoms with Gasteiger partial charge in [-0.2, -0.15) is 0 Å². The summed E-state index contributed by atoms with van der Waals surface area (Å²) in [5, 5.41) is 0. The van der Waals surface area contributed by atoms with Gasteiger partial charge in [-0.05, 0) is 50.6 Å². The van der Waals surface area contributed by atoms with E-state index in [4.69, 9.17) is 25.8 Å². The summed E-state index contributed by atoms with van der Waals surface area (Å²) in [6, 6.07) is 13.1. The first kappa shape index (κ1) is 23.5. The van der Waals surface area contributed by atoms with Crippen LogP contribution in [-0.2, 0) is 14.3 Å². The van der Waals surface area contributed by atoms with Crippen molar-refractivity contribution in [1.29, 1.82) is 0 Å². The maximum absolute atomic E-state index is 13.1. The molecule has 162 valence electrons. The molecule has 0 saturated heterocycles. The summed E-state index contributed by atoms with van der Waals surface area (Å²) in [6.45, 7) is 5.78. The van der Waals surface area contributed by atoms with Crippen LogP contribution in [0.25, 0.3) is 0 Å². The van der Waals surface area contributed by atoms with Crippen molar-refractivity contribution in [2.45, 2.75) is 39.3 Å². The second kappa shape index (κ2) is 11.5. The first-order chi connectivity index (χ1) is 14.4. The van der Waals surface area contributed by atoms with E-state index in [0.29, 0.717) is 22.7 Å². The van der Waals surface area contributed by atoms with Crippen LogP contribution in [0.2, 0.25) is 0 Å². The average molecular weight is 434 g/mol. The van der Waals surface area contributed by atoms with E-state index in [2.05, 4.69) is 0 Å². The molecular weight excluding hydrogens is 406 g/mol. The van der Waals surface area contributed by atoms with E-state index in [1.807, 2.05) is 13.8 Å². The SMILES string of the molecule is CCOC(=O)C(c1ccc(OC(C)C)cc1)N(C(=O)CCCl)c1ccccc1OC.